The van der Waals surface area contributed by atoms with E-state index in [1.54, 1.807) is 17.0 Å². The van der Waals surface area contributed by atoms with Gasteiger partial charge in [0.25, 0.3) is 5.91 Å². The fourth-order valence-electron chi connectivity index (χ4n) is 2.96. The topological polar surface area (TPSA) is 85.5 Å². The molecule has 3 rings (SSSR count). The third-order valence-corrected chi connectivity index (χ3v) is 4.49. The summed E-state index contributed by atoms with van der Waals surface area (Å²) in [6.45, 7) is 2.34. The van der Waals surface area contributed by atoms with Gasteiger partial charge in [-0.3, -0.25) is 9.59 Å². The maximum absolute atomic E-state index is 12.7. The van der Waals surface area contributed by atoms with Crippen molar-refractivity contribution < 1.29 is 14.3 Å². The number of ether oxygens (including phenoxy) is 1. The molecule has 0 spiro atoms. The van der Waals surface area contributed by atoms with E-state index in [1.165, 1.54) is 6.20 Å². The Morgan fingerprint density at radius 2 is 1.92 bits per heavy atom. The highest BCUT2D eigenvalue weighted by molar-refractivity contribution is 5.94. The predicted molar refractivity (Wildman–Crippen MR) is 93.2 cm³/mol. The van der Waals surface area contributed by atoms with Gasteiger partial charge in [0.05, 0.1) is 11.5 Å². The van der Waals surface area contributed by atoms with Crippen LogP contribution in [0.4, 0.5) is 0 Å². The van der Waals surface area contributed by atoms with Crippen LogP contribution in [0.25, 0.3) is 0 Å². The summed E-state index contributed by atoms with van der Waals surface area (Å²) in [7, 11) is 0. The van der Waals surface area contributed by atoms with Crippen LogP contribution in [0.1, 0.15) is 30.1 Å². The molecule has 130 valence electrons. The summed E-state index contributed by atoms with van der Waals surface area (Å²) in [4.78, 5) is 30.1. The van der Waals surface area contributed by atoms with Crippen molar-refractivity contribution in [3.05, 3.63) is 54.2 Å². The molecule has 1 fully saturated rings. The first-order valence-electron chi connectivity index (χ1n) is 8.34. The molecular weight excluding hydrogens is 318 g/mol. The first-order chi connectivity index (χ1) is 12.0. The Morgan fingerprint density at radius 3 is 2.56 bits per heavy atom. The minimum absolute atomic E-state index is 0.0725. The quantitative estimate of drug-likeness (QED) is 0.928. The lowest BCUT2D eigenvalue weighted by Gasteiger charge is -2.36. The molecule has 1 aliphatic heterocycles. The summed E-state index contributed by atoms with van der Waals surface area (Å²) in [5, 5.41) is 0. The number of rotatable bonds is 4. The van der Waals surface area contributed by atoms with Gasteiger partial charge in [-0.2, -0.15) is 0 Å². The van der Waals surface area contributed by atoms with Gasteiger partial charge in [-0.1, -0.05) is 18.2 Å². The second-order valence-corrected chi connectivity index (χ2v) is 6.28. The van der Waals surface area contributed by atoms with Crippen molar-refractivity contribution >= 4 is 11.8 Å². The lowest BCUT2D eigenvalue weighted by molar-refractivity contribution is -0.123. The lowest BCUT2D eigenvalue weighted by Crippen LogP contribution is -2.48. The summed E-state index contributed by atoms with van der Waals surface area (Å²) in [5.41, 5.74) is 5.87. The monoisotopic (exact) mass is 339 g/mol. The van der Waals surface area contributed by atoms with Crippen molar-refractivity contribution in [2.24, 2.45) is 11.7 Å². The second kappa shape index (κ2) is 7.34. The molecule has 0 radical (unpaired) electrons. The van der Waals surface area contributed by atoms with Crippen LogP contribution in [0.15, 0.2) is 48.7 Å². The van der Waals surface area contributed by atoms with Gasteiger partial charge in [0.15, 0.2) is 0 Å². The molecule has 1 aliphatic rings. The van der Waals surface area contributed by atoms with Crippen LogP contribution in [0.5, 0.6) is 11.6 Å². The van der Waals surface area contributed by atoms with Crippen LogP contribution in [0.2, 0.25) is 0 Å². The number of aromatic nitrogens is 1. The van der Waals surface area contributed by atoms with E-state index in [9.17, 15) is 9.59 Å². The molecule has 2 atom stereocenters. The third-order valence-electron chi connectivity index (χ3n) is 4.49. The van der Waals surface area contributed by atoms with Crippen molar-refractivity contribution in [3.63, 3.8) is 0 Å². The van der Waals surface area contributed by atoms with E-state index in [0.29, 0.717) is 23.7 Å². The number of piperidine rings is 1. The Bertz CT molecular complexity index is 746. The molecule has 2 aromatic rings. The largest absolute Gasteiger partial charge is 0.439 e. The third kappa shape index (κ3) is 3.96. The molecule has 2 amide bonds. The molecule has 1 saturated heterocycles. The zero-order valence-corrected chi connectivity index (χ0v) is 14.1. The van der Waals surface area contributed by atoms with Gasteiger partial charge in [-0.05, 0) is 38.0 Å². The standard InChI is InChI=1S/C19H21N3O3/c1-13-7-8-15(18(20)23)12-22(13)19(24)14-9-10-17(21-11-14)25-16-5-3-2-4-6-16/h2-6,9-11,13,15H,7-8,12H2,1H3,(H2,20,23)/t13-,15-/m1/s1. The number of hydrogen-bond donors (Lipinski definition) is 1. The van der Waals surface area contributed by atoms with Gasteiger partial charge in [0.2, 0.25) is 11.8 Å². The van der Waals surface area contributed by atoms with E-state index in [0.717, 1.165) is 12.8 Å². The molecule has 0 unspecified atom stereocenters. The summed E-state index contributed by atoms with van der Waals surface area (Å²) >= 11 is 0. The lowest BCUT2D eigenvalue weighted by atomic mass is 9.92. The van der Waals surface area contributed by atoms with Crippen LogP contribution in [0, 0.1) is 5.92 Å². The summed E-state index contributed by atoms with van der Waals surface area (Å²) in [6.07, 6.45) is 2.99. The number of carbonyl (C=O) groups excluding carboxylic acids is 2. The number of nitrogens with two attached hydrogens (primary N) is 1. The average Bonchev–Trinajstić information content (AvgIpc) is 2.63. The van der Waals surface area contributed by atoms with Gasteiger partial charge < -0.3 is 15.4 Å². The molecule has 6 heteroatoms. The van der Waals surface area contributed by atoms with Crippen molar-refractivity contribution in [2.45, 2.75) is 25.8 Å². The van der Waals surface area contributed by atoms with Crippen molar-refractivity contribution in [3.8, 4) is 11.6 Å². The second-order valence-electron chi connectivity index (χ2n) is 6.28. The number of primary amides is 1. The molecule has 0 bridgehead atoms. The number of hydrogen-bond acceptors (Lipinski definition) is 4. The summed E-state index contributed by atoms with van der Waals surface area (Å²) in [5.74, 6) is 0.327. The van der Waals surface area contributed by atoms with Crippen molar-refractivity contribution in [1.29, 1.82) is 0 Å². The van der Waals surface area contributed by atoms with Crippen LogP contribution < -0.4 is 10.5 Å². The molecule has 1 aromatic heterocycles. The van der Waals surface area contributed by atoms with E-state index in [2.05, 4.69) is 4.98 Å². The molecule has 6 nitrogen and oxygen atoms in total. The molecule has 2 N–H and O–H groups in total. The van der Waals surface area contributed by atoms with E-state index in [1.807, 2.05) is 37.3 Å². The highest BCUT2D eigenvalue weighted by Crippen LogP contribution is 2.24. The average molecular weight is 339 g/mol. The van der Waals surface area contributed by atoms with Crippen molar-refractivity contribution in [1.82, 2.24) is 9.88 Å². The Hall–Kier alpha value is -2.89. The van der Waals surface area contributed by atoms with Gasteiger partial charge in [0, 0.05) is 24.8 Å². The number of pyridine rings is 1. The minimum Gasteiger partial charge on any atom is -0.439 e. The number of amides is 2. The SMILES string of the molecule is C[C@@H]1CC[C@@H](C(N)=O)CN1C(=O)c1ccc(Oc2ccccc2)nc1. The first-order valence-corrected chi connectivity index (χ1v) is 8.34. The summed E-state index contributed by atoms with van der Waals surface area (Å²) < 4.78 is 5.63. The molecule has 25 heavy (non-hydrogen) atoms. The normalized spacial score (nSPS) is 20.1. The highest BCUT2D eigenvalue weighted by Gasteiger charge is 2.32. The van der Waals surface area contributed by atoms with Crippen LogP contribution >= 0.6 is 0 Å². The number of nitrogens with zero attached hydrogens (tertiary/aromatic N) is 2. The van der Waals surface area contributed by atoms with E-state index < -0.39 is 0 Å². The smallest absolute Gasteiger partial charge is 0.255 e. The number of benzene rings is 1. The maximum Gasteiger partial charge on any atom is 0.255 e. The Morgan fingerprint density at radius 1 is 1.16 bits per heavy atom. The fourth-order valence-corrected chi connectivity index (χ4v) is 2.96. The van der Waals surface area contributed by atoms with Gasteiger partial charge in [-0.15, -0.1) is 0 Å². The molecule has 0 aliphatic carbocycles. The van der Waals surface area contributed by atoms with Crippen LogP contribution in [0.3, 0.4) is 0 Å². The van der Waals surface area contributed by atoms with E-state index in [4.69, 9.17) is 10.5 Å². The Labute approximate surface area is 146 Å². The number of para-hydroxylation sites is 1. The van der Waals surface area contributed by atoms with Gasteiger partial charge in [0.1, 0.15) is 5.75 Å². The maximum atomic E-state index is 12.7. The fraction of sp³-hybridized carbons (Fsp3) is 0.316. The minimum atomic E-state index is -0.352. The van der Waals surface area contributed by atoms with Crippen LogP contribution in [-0.4, -0.2) is 34.3 Å². The predicted octanol–water partition coefficient (Wildman–Crippen LogP) is 2.60. The van der Waals surface area contributed by atoms with Gasteiger partial charge in [-0.25, -0.2) is 4.98 Å². The summed E-state index contributed by atoms with van der Waals surface area (Å²) in [6, 6.07) is 12.7. The van der Waals surface area contributed by atoms with Crippen LogP contribution in [-0.2, 0) is 4.79 Å². The van der Waals surface area contributed by atoms with Gasteiger partial charge >= 0.3 is 0 Å². The van der Waals surface area contributed by atoms with E-state index in [-0.39, 0.29) is 23.8 Å². The number of likely N-dealkylation sites (tertiary alicyclic amines) is 1. The highest BCUT2D eigenvalue weighted by atomic mass is 16.5. The number of carbonyl (C=O) groups is 2. The Kier molecular flexibility index (Phi) is 4.97. The zero-order chi connectivity index (χ0) is 17.8. The van der Waals surface area contributed by atoms with Crippen molar-refractivity contribution in [2.75, 3.05) is 6.54 Å². The molecular formula is C19H21N3O3. The first kappa shape index (κ1) is 17.0. The molecule has 2 heterocycles. The molecule has 0 saturated carbocycles. The van der Waals surface area contributed by atoms with E-state index >= 15 is 0 Å². The zero-order valence-electron chi connectivity index (χ0n) is 14.1. The molecule has 1 aromatic carbocycles. The Balaban J connectivity index is 1.70.